The van der Waals surface area contributed by atoms with Crippen LogP contribution in [0.25, 0.3) is 6.08 Å². The lowest BCUT2D eigenvalue weighted by molar-refractivity contribution is 0.0521. The summed E-state index contributed by atoms with van der Waals surface area (Å²) in [4.78, 5) is 0. The Morgan fingerprint density at radius 3 is 2.85 bits per heavy atom. The van der Waals surface area contributed by atoms with E-state index in [1.54, 1.807) is 6.07 Å². The molecule has 0 heterocycles. The van der Waals surface area contributed by atoms with Crippen LogP contribution in [0.3, 0.4) is 0 Å². The van der Waals surface area contributed by atoms with E-state index in [0.29, 0.717) is 18.0 Å². The molecular weight excluding hydrogens is 248 g/mol. The van der Waals surface area contributed by atoms with Crippen molar-refractivity contribution in [2.45, 2.75) is 63.6 Å². The van der Waals surface area contributed by atoms with Crippen LogP contribution in [0.2, 0.25) is 0 Å². The standard InChI is InChI=1S/C18H26O2/c1-2-7-17(19)16-9-6-8-15(14-16)10-13-18(20)11-4-3-5-12-18/h6,8-10,13-14,17,19-20H,2-5,7,11-12H2,1H3/b13-10+/i9D. The first-order valence-electron chi connectivity index (χ1n) is 8.24. The Bertz CT molecular complexity index is 490. The van der Waals surface area contributed by atoms with E-state index >= 15 is 0 Å². The van der Waals surface area contributed by atoms with Gasteiger partial charge in [0.25, 0.3) is 0 Å². The third-order valence-corrected chi connectivity index (χ3v) is 4.07. The zero-order valence-corrected chi connectivity index (χ0v) is 12.3. The largest absolute Gasteiger partial charge is 0.388 e. The van der Waals surface area contributed by atoms with Crippen LogP contribution in [0, 0.1) is 0 Å². The van der Waals surface area contributed by atoms with Gasteiger partial charge in [-0.3, -0.25) is 0 Å². The Balaban J connectivity index is 2.15. The molecule has 0 saturated heterocycles. The third-order valence-electron chi connectivity index (χ3n) is 4.07. The van der Waals surface area contributed by atoms with Gasteiger partial charge in [0.1, 0.15) is 0 Å². The zero-order chi connectivity index (χ0) is 15.3. The summed E-state index contributed by atoms with van der Waals surface area (Å²) in [5, 5.41) is 20.6. The average Bonchev–Trinajstić information content (AvgIpc) is 2.47. The summed E-state index contributed by atoms with van der Waals surface area (Å²) in [6.07, 6.45) is 9.80. The second-order valence-corrected chi connectivity index (χ2v) is 5.88. The van der Waals surface area contributed by atoms with Crippen molar-refractivity contribution in [1.29, 1.82) is 0 Å². The van der Waals surface area contributed by atoms with E-state index in [1.807, 2.05) is 31.2 Å². The molecule has 1 unspecified atom stereocenters. The molecule has 1 atom stereocenters. The summed E-state index contributed by atoms with van der Waals surface area (Å²) in [6, 6.07) is 5.83. The van der Waals surface area contributed by atoms with Gasteiger partial charge in [0, 0.05) is 0 Å². The molecule has 1 aromatic carbocycles. The van der Waals surface area contributed by atoms with Crippen LogP contribution in [0.1, 0.15) is 70.5 Å². The smallest absolute Gasteiger partial charge is 0.0830 e. The normalized spacial score (nSPS) is 20.9. The van der Waals surface area contributed by atoms with Crippen molar-refractivity contribution in [3.05, 3.63) is 41.4 Å². The van der Waals surface area contributed by atoms with Crippen LogP contribution in [0.4, 0.5) is 0 Å². The molecule has 0 aliphatic heterocycles. The van der Waals surface area contributed by atoms with Crippen molar-refractivity contribution < 1.29 is 11.6 Å². The Morgan fingerprint density at radius 1 is 1.40 bits per heavy atom. The first-order chi connectivity index (χ1) is 10.0. The molecule has 1 aromatic rings. The van der Waals surface area contributed by atoms with E-state index in [0.717, 1.165) is 37.7 Å². The SMILES string of the molecule is [2H]c1ccc(/C=C/C2(O)CCCCC2)cc1C(O)CCC. The van der Waals surface area contributed by atoms with Crippen LogP contribution in [0.5, 0.6) is 0 Å². The van der Waals surface area contributed by atoms with Crippen LogP contribution >= 0.6 is 0 Å². The molecule has 0 spiro atoms. The highest BCUT2D eigenvalue weighted by Crippen LogP contribution is 2.30. The monoisotopic (exact) mass is 275 g/mol. The van der Waals surface area contributed by atoms with Crippen LogP contribution in [0.15, 0.2) is 30.3 Å². The van der Waals surface area contributed by atoms with E-state index < -0.39 is 11.7 Å². The van der Waals surface area contributed by atoms with Gasteiger partial charge >= 0.3 is 0 Å². The number of hydrogen-bond acceptors (Lipinski definition) is 2. The molecule has 1 saturated carbocycles. The molecular formula is C18H26O2. The number of rotatable bonds is 5. The minimum atomic E-state index is -0.680. The molecule has 1 aliphatic carbocycles. The van der Waals surface area contributed by atoms with Crippen molar-refractivity contribution in [2.24, 2.45) is 0 Å². The van der Waals surface area contributed by atoms with E-state index in [1.165, 1.54) is 6.42 Å². The summed E-state index contributed by atoms with van der Waals surface area (Å²) in [5.74, 6) is 0. The van der Waals surface area contributed by atoms with Crippen molar-refractivity contribution in [3.8, 4) is 0 Å². The minimum Gasteiger partial charge on any atom is -0.388 e. The highest BCUT2D eigenvalue weighted by molar-refractivity contribution is 5.52. The summed E-state index contributed by atoms with van der Waals surface area (Å²) < 4.78 is 7.91. The minimum absolute atomic E-state index is 0.379. The van der Waals surface area contributed by atoms with Crippen molar-refractivity contribution >= 4 is 6.08 Å². The zero-order valence-electron chi connectivity index (χ0n) is 13.3. The van der Waals surface area contributed by atoms with Gasteiger partial charge in [0.15, 0.2) is 0 Å². The number of benzene rings is 1. The Kier molecular flexibility index (Phi) is 4.88. The molecule has 0 amide bonds. The number of hydrogen-bond donors (Lipinski definition) is 2. The molecule has 110 valence electrons. The van der Waals surface area contributed by atoms with Crippen molar-refractivity contribution in [1.82, 2.24) is 0 Å². The molecule has 2 nitrogen and oxygen atoms in total. The van der Waals surface area contributed by atoms with Gasteiger partial charge in [-0.2, -0.15) is 0 Å². The van der Waals surface area contributed by atoms with Gasteiger partial charge in [0.2, 0.25) is 0 Å². The Labute approximate surface area is 123 Å². The summed E-state index contributed by atoms with van der Waals surface area (Å²) >= 11 is 0. The molecule has 0 aromatic heterocycles. The summed E-state index contributed by atoms with van der Waals surface area (Å²) in [6.45, 7) is 2.02. The van der Waals surface area contributed by atoms with Gasteiger partial charge in [-0.05, 0) is 36.5 Å². The molecule has 1 aliphatic rings. The first-order valence-corrected chi connectivity index (χ1v) is 7.74. The first kappa shape index (κ1) is 13.8. The quantitative estimate of drug-likeness (QED) is 0.844. The number of aliphatic hydroxyl groups excluding tert-OH is 1. The Morgan fingerprint density at radius 2 is 2.15 bits per heavy atom. The maximum absolute atomic E-state index is 10.5. The van der Waals surface area contributed by atoms with E-state index in [2.05, 4.69) is 0 Å². The average molecular weight is 275 g/mol. The second kappa shape index (κ2) is 7.05. The lowest BCUT2D eigenvalue weighted by Gasteiger charge is -2.28. The highest BCUT2D eigenvalue weighted by atomic mass is 16.3. The molecule has 2 rings (SSSR count). The predicted octanol–water partition coefficient (Wildman–Crippen LogP) is 4.23. The number of aliphatic hydroxyl groups is 2. The Hall–Kier alpha value is -1.12. The second-order valence-electron chi connectivity index (χ2n) is 5.88. The van der Waals surface area contributed by atoms with E-state index in [4.69, 9.17) is 1.37 Å². The maximum atomic E-state index is 10.5. The maximum Gasteiger partial charge on any atom is 0.0830 e. The molecule has 2 heteroatoms. The lowest BCUT2D eigenvalue weighted by Crippen LogP contribution is -2.28. The summed E-state index contributed by atoms with van der Waals surface area (Å²) in [7, 11) is 0. The van der Waals surface area contributed by atoms with Gasteiger partial charge in [-0.15, -0.1) is 0 Å². The molecule has 2 N–H and O–H groups in total. The van der Waals surface area contributed by atoms with Gasteiger partial charge in [-0.25, -0.2) is 0 Å². The van der Waals surface area contributed by atoms with Crippen LogP contribution in [-0.2, 0) is 0 Å². The lowest BCUT2D eigenvalue weighted by atomic mass is 9.84. The molecule has 1 fully saturated rings. The molecule has 20 heavy (non-hydrogen) atoms. The predicted molar refractivity (Wildman–Crippen MR) is 83.4 cm³/mol. The van der Waals surface area contributed by atoms with E-state index in [9.17, 15) is 10.2 Å². The van der Waals surface area contributed by atoms with Gasteiger partial charge in [0.05, 0.1) is 13.1 Å². The van der Waals surface area contributed by atoms with E-state index in [-0.39, 0.29) is 0 Å². The summed E-state index contributed by atoms with van der Waals surface area (Å²) in [5.41, 5.74) is 0.935. The topological polar surface area (TPSA) is 40.5 Å². The molecule has 0 bridgehead atoms. The van der Waals surface area contributed by atoms with Crippen LogP contribution < -0.4 is 0 Å². The molecule has 0 radical (unpaired) electrons. The fourth-order valence-corrected chi connectivity index (χ4v) is 2.81. The van der Waals surface area contributed by atoms with Crippen LogP contribution in [-0.4, -0.2) is 15.8 Å². The van der Waals surface area contributed by atoms with Crippen molar-refractivity contribution in [3.63, 3.8) is 0 Å². The van der Waals surface area contributed by atoms with Gasteiger partial charge in [-0.1, -0.05) is 62.9 Å². The van der Waals surface area contributed by atoms with Gasteiger partial charge < -0.3 is 10.2 Å². The fourth-order valence-electron chi connectivity index (χ4n) is 2.81. The fraction of sp³-hybridized carbons (Fsp3) is 0.556. The highest BCUT2D eigenvalue weighted by Gasteiger charge is 2.25. The van der Waals surface area contributed by atoms with Crippen molar-refractivity contribution in [2.75, 3.05) is 0 Å². The third kappa shape index (κ3) is 4.19.